The third-order valence-corrected chi connectivity index (χ3v) is 6.33. The van der Waals surface area contributed by atoms with Crippen molar-refractivity contribution in [1.82, 2.24) is 10.2 Å². The lowest BCUT2D eigenvalue weighted by molar-refractivity contribution is -0.145. The molecular weight excluding hydrogens is 494 g/mol. The number of ether oxygens (including phenoxy) is 2. The largest absolute Gasteiger partial charge is 0.508 e. The molecule has 3 rings (SSSR count). The van der Waals surface area contributed by atoms with Gasteiger partial charge in [-0.3, -0.25) is 9.59 Å². The Bertz CT molecular complexity index is 1100. The highest BCUT2D eigenvalue weighted by Crippen LogP contribution is 2.35. The number of amides is 3. The zero-order valence-corrected chi connectivity index (χ0v) is 22.5. The van der Waals surface area contributed by atoms with E-state index in [1.165, 1.54) is 17.0 Å². The maximum Gasteiger partial charge on any atom is 0.408 e. The van der Waals surface area contributed by atoms with Crippen LogP contribution in [-0.4, -0.2) is 58.5 Å². The van der Waals surface area contributed by atoms with Crippen LogP contribution in [0.4, 0.5) is 10.5 Å². The second-order valence-corrected chi connectivity index (χ2v) is 10.3. The molecule has 3 amide bonds. The first-order chi connectivity index (χ1) is 17.5. The third-order valence-electron chi connectivity index (χ3n) is 5.96. The maximum absolute atomic E-state index is 13.9. The lowest BCUT2D eigenvalue weighted by Crippen LogP contribution is -2.57. The van der Waals surface area contributed by atoms with Crippen LogP contribution in [0.5, 0.6) is 11.5 Å². The predicted octanol–water partition coefficient (Wildman–Crippen LogP) is 4.28. The summed E-state index contributed by atoms with van der Waals surface area (Å²) in [7, 11) is 1.55. The first-order valence-corrected chi connectivity index (χ1v) is 12.8. The second kappa shape index (κ2) is 12.2. The van der Waals surface area contributed by atoms with Gasteiger partial charge in [-0.1, -0.05) is 12.1 Å². The van der Waals surface area contributed by atoms with Crippen LogP contribution < -0.4 is 15.4 Å². The van der Waals surface area contributed by atoms with Crippen molar-refractivity contribution in [3.63, 3.8) is 0 Å². The number of phenols is 1. The molecule has 1 saturated carbocycles. The van der Waals surface area contributed by atoms with Crippen LogP contribution in [0.1, 0.15) is 51.6 Å². The molecule has 2 unspecified atom stereocenters. The highest BCUT2D eigenvalue weighted by atomic mass is 32.1. The minimum absolute atomic E-state index is 0.00809. The van der Waals surface area contributed by atoms with Crippen molar-refractivity contribution < 1.29 is 29.0 Å². The quantitative estimate of drug-likeness (QED) is 0.360. The summed E-state index contributed by atoms with van der Waals surface area (Å²) < 4.78 is 10.5. The number of nitrogens with zero attached hydrogens (tertiary/aromatic N) is 1. The SMILES string of the molecule is COc1ccc(NC(=O)C(c2cccc(O)c2)N(C(=O)C(CS)NC(=O)OC(C)(C)C)C2CCC2)cc1. The Hall–Kier alpha value is -3.40. The summed E-state index contributed by atoms with van der Waals surface area (Å²) in [6, 6.07) is 10.8. The molecule has 2 aromatic carbocycles. The van der Waals surface area contributed by atoms with Gasteiger partial charge in [0.15, 0.2) is 0 Å². The molecule has 0 aromatic heterocycles. The van der Waals surface area contributed by atoms with Crippen molar-refractivity contribution in [1.29, 1.82) is 0 Å². The van der Waals surface area contributed by atoms with Crippen LogP contribution in [0.15, 0.2) is 48.5 Å². The predicted molar refractivity (Wildman–Crippen MR) is 144 cm³/mol. The van der Waals surface area contributed by atoms with E-state index >= 15 is 0 Å². The molecule has 3 N–H and O–H groups in total. The van der Waals surface area contributed by atoms with Crippen molar-refractivity contribution in [3.05, 3.63) is 54.1 Å². The summed E-state index contributed by atoms with van der Waals surface area (Å²) in [6.45, 7) is 5.19. The first kappa shape index (κ1) is 28.2. The number of aromatic hydroxyl groups is 1. The van der Waals surface area contributed by atoms with Crippen molar-refractivity contribution >= 4 is 36.2 Å². The van der Waals surface area contributed by atoms with E-state index in [4.69, 9.17) is 9.47 Å². The lowest BCUT2D eigenvalue weighted by atomic mass is 9.88. The summed E-state index contributed by atoms with van der Waals surface area (Å²) in [4.78, 5) is 41.6. The number of carbonyl (C=O) groups is 3. The molecule has 200 valence electrons. The Labute approximate surface area is 222 Å². The number of alkyl carbamates (subject to hydrolysis) is 1. The average molecular weight is 530 g/mol. The van der Waals surface area contributed by atoms with Gasteiger partial charge in [-0.25, -0.2) is 4.79 Å². The second-order valence-electron chi connectivity index (χ2n) is 9.93. The van der Waals surface area contributed by atoms with Gasteiger partial charge in [-0.2, -0.15) is 12.6 Å². The summed E-state index contributed by atoms with van der Waals surface area (Å²) in [6.07, 6.45) is 1.59. The zero-order chi connectivity index (χ0) is 27.2. The minimum Gasteiger partial charge on any atom is -0.508 e. The molecule has 37 heavy (non-hydrogen) atoms. The molecule has 1 fully saturated rings. The number of nitrogens with one attached hydrogen (secondary N) is 2. The van der Waals surface area contributed by atoms with Crippen molar-refractivity contribution in [2.24, 2.45) is 0 Å². The maximum atomic E-state index is 13.9. The number of phenolic OH excluding ortho intramolecular Hbond substituents is 1. The topological polar surface area (TPSA) is 117 Å². The number of anilines is 1. The number of methoxy groups -OCH3 is 1. The zero-order valence-electron chi connectivity index (χ0n) is 21.6. The Balaban J connectivity index is 1.96. The lowest BCUT2D eigenvalue weighted by Gasteiger charge is -2.43. The van der Waals surface area contributed by atoms with Gasteiger partial charge in [0.05, 0.1) is 7.11 Å². The molecule has 1 aliphatic carbocycles. The number of carbonyl (C=O) groups excluding carboxylic acids is 3. The number of hydrogen-bond acceptors (Lipinski definition) is 7. The van der Waals surface area contributed by atoms with Crippen molar-refractivity contribution in [3.8, 4) is 11.5 Å². The molecular formula is C27H35N3O6S. The van der Waals surface area contributed by atoms with E-state index in [0.717, 1.165) is 6.42 Å². The molecule has 0 radical (unpaired) electrons. The fourth-order valence-corrected chi connectivity index (χ4v) is 4.26. The molecule has 1 aliphatic rings. The van der Waals surface area contributed by atoms with Crippen LogP contribution >= 0.6 is 12.6 Å². The number of benzene rings is 2. The van der Waals surface area contributed by atoms with E-state index < -0.39 is 35.6 Å². The van der Waals surface area contributed by atoms with E-state index in [9.17, 15) is 19.5 Å². The summed E-state index contributed by atoms with van der Waals surface area (Å²) in [5.74, 6) is -0.291. The smallest absolute Gasteiger partial charge is 0.408 e. The van der Waals surface area contributed by atoms with E-state index in [0.29, 0.717) is 29.8 Å². The summed E-state index contributed by atoms with van der Waals surface area (Å²) in [5.41, 5.74) is 0.223. The minimum atomic E-state index is -1.06. The van der Waals surface area contributed by atoms with Gasteiger partial charge in [-0.15, -0.1) is 0 Å². The molecule has 0 spiro atoms. The van der Waals surface area contributed by atoms with E-state index in [2.05, 4.69) is 23.3 Å². The van der Waals surface area contributed by atoms with E-state index in [-0.39, 0.29) is 17.5 Å². The standard InChI is InChI=1S/C27H35N3O6S/c1-27(2,3)36-26(34)29-22(16-37)25(33)30(19-8-6-9-19)23(17-7-5-10-20(31)15-17)24(32)28-18-11-13-21(35-4)14-12-18/h5,7,10-15,19,22-23,31,37H,6,8-9,16H2,1-4H3,(H,28,32)(H,29,34). The number of rotatable bonds is 9. The van der Waals surface area contributed by atoms with Crippen molar-refractivity contribution in [2.45, 2.75) is 63.8 Å². The van der Waals surface area contributed by atoms with Gasteiger partial charge < -0.3 is 30.1 Å². The third kappa shape index (κ3) is 7.55. The summed E-state index contributed by atoms with van der Waals surface area (Å²) in [5, 5.41) is 15.6. The Morgan fingerprint density at radius 1 is 1.14 bits per heavy atom. The van der Waals surface area contributed by atoms with E-state index in [1.807, 2.05) is 0 Å². The van der Waals surface area contributed by atoms with Crippen LogP contribution in [0.3, 0.4) is 0 Å². The van der Waals surface area contributed by atoms with Crippen LogP contribution in [0, 0.1) is 0 Å². The number of thiol groups is 1. The Morgan fingerprint density at radius 2 is 1.81 bits per heavy atom. The normalized spacial score (nSPS) is 15.1. The molecule has 10 heteroatoms. The van der Waals surface area contributed by atoms with Gasteiger partial charge in [0, 0.05) is 17.5 Å². The fraction of sp³-hybridized carbons (Fsp3) is 0.444. The molecule has 2 atom stereocenters. The molecule has 0 heterocycles. The van der Waals surface area contributed by atoms with Crippen LogP contribution in [0.2, 0.25) is 0 Å². The molecule has 9 nitrogen and oxygen atoms in total. The molecule has 0 saturated heterocycles. The molecule has 0 bridgehead atoms. The highest BCUT2D eigenvalue weighted by Gasteiger charge is 2.41. The van der Waals surface area contributed by atoms with Gasteiger partial charge in [0.2, 0.25) is 5.91 Å². The van der Waals surface area contributed by atoms with Crippen molar-refractivity contribution in [2.75, 3.05) is 18.2 Å². The van der Waals surface area contributed by atoms with Gasteiger partial charge >= 0.3 is 6.09 Å². The van der Waals surface area contributed by atoms with E-state index in [1.54, 1.807) is 64.3 Å². The fourth-order valence-electron chi connectivity index (χ4n) is 4.02. The molecule has 2 aromatic rings. The van der Waals surface area contributed by atoms with Gasteiger partial charge in [0.1, 0.15) is 29.2 Å². The Kier molecular flexibility index (Phi) is 9.31. The highest BCUT2D eigenvalue weighted by molar-refractivity contribution is 7.80. The first-order valence-electron chi connectivity index (χ1n) is 12.2. The van der Waals surface area contributed by atoms with Gasteiger partial charge in [-0.05, 0) is 82.0 Å². The molecule has 0 aliphatic heterocycles. The van der Waals surface area contributed by atoms with Crippen LogP contribution in [-0.2, 0) is 14.3 Å². The van der Waals surface area contributed by atoms with Crippen LogP contribution in [0.25, 0.3) is 0 Å². The van der Waals surface area contributed by atoms with Gasteiger partial charge in [0.25, 0.3) is 5.91 Å². The Morgan fingerprint density at radius 3 is 2.32 bits per heavy atom. The monoisotopic (exact) mass is 529 g/mol. The number of hydrogen-bond donors (Lipinski definition) is 4. The average Bonchev–Trinajstić information content (AvgIpc) is 2.80. The summed E-state index contributed by atoms with van der Waals surface area (Å²) >= 11 is 4.30.